The number of amides is 1. The normalized spacial score (nSPS) is 21.6. The predicted molar refractivity (Wildman–Crippen MR) is 68.6 cm³/mol. The molecule has 1 saturated heterocycles. The van der Waals surface area contributed by atoms with E-state index in [2.05, 4.69) is 0 Å². The van der Waals surface area contributed by atoms with Crippen LogP contribution in [0.3, 0.4) is 0 Å². The van der Waals surface area contributed by atoms with Crippen LogP contribution >= 0.6 is 0 Å². The molecule has 1 aliphatic rings. The van der Waals surface area contributed by atoms with Crippen molar-refractivity contribution in [2.24, 2.45) is 0 Å². The molecular formula is C14H17NO4. The predicted octanol–water partition coefficient (Wildman–Crippen LogP) is 2.26. The molecule has 1 N–H and O–H groups in total. The number of likely N-dealkylation sites (tertiary alicyclic amines) is 1. The summed E-state index contributed by atoms with van der Waals surface area (Å²) in [6, 6.07) is 9.40. The summed E-state index contributed by atoms with van der Waals surface area (Å²) in [5.74, 6) is -0.900. The molecule has 2 rings (SSSR count). The van der Waals surface area contributed by atoms with E-state index < -0.39 is 17.6 Å². The molecule has 1 amide bonds. The first kappa shape index (κ1) is 13.4. The molecule has 1 fully saturated rings. The minimum Gasteiger partial charge on any atom is -0.481 e. The number of ether oxygens (including phenoxy) is 1. The maximum Gasteiger partial charge on any atom is 0.410 e. The summed E-state index contributed by atoms with van der Waals surface area (Å²) < 4.78 is 5.20. The minimum atomic E-state index is -0.900. The molecular weight excluding hydrogens is 246 g/mol. The number of carbonyl (C=O) groups is 2. The lowest BCUT2D eigenvalue weighted by Gasteiger charge is -2.48. The fourth-order valence-electron chi connectivity index (χ4n) is 2.22. The summed E-state index contributed by atoms with van der Waals surface area (Å²) in [5, 5.41) is 8.84. The monoisotopic (exact) mass is 263 g/mol. The second kappa shape index (κ2) is 5.30. The number of hydrogen-bond donors (Lipinski definition) is 1. The smallest absolute Gasteiger partial charge is 0.410 e. The molecule has 0 spiro atoms. The number of aliphatic carboxylic acids is 1. The highest BCUT2D eigenvalue weighted by atomic mass is 16.6. The fraction of sp³-hybridized carbons (Fsp3) is 0.429. The zero-order valence-corrected chi connectivity index (χ0v) is 10.8. The van der Waals surface area contributed by atoms with Gasteiger partial charge in [-0.1, -0.05) is 30.3 Å². The largest absolute Gasteiger partial charge is 0.481 e. The fourth-order valence-corrected chi connectivity index (χ4v) is 2.22. The molecule has 0 aliphatic carbocycles. The van der Waals surface area contributed by atoms with Crippen molar-refractivity contribution in [2.75, 3.05) is 6.54 Å². The molecule has 0 aromatic heterocycles. The van der Waals surface area contributed by atoms with Gasteiger partial charge in [0, 0.05) is 6.54 Å². The lowest BCUT2D eigenvalue weighted by atomic mass is 9.84. The van der Waals surface area contributed by atoms with Crippen molar-refractivity contribution < 1.29 is 19.4 Å². The third-order valence-corrected chi connectivity index (χ3v) is 3.48. The van der Waals surface area contributed by atoms with E-state index in [4.69, 9.17) is 9.84 Å². The number of carboxylic acids is 1. The highest BCUT2D eigenvalue weighted by Gasteiger charge is 2.45. The summed E-state index contributed by atoms with van der Waals surface area (Å²) >= 11 is 0. The van der Waals surface area contributed by atoms with Crippen LogP contribution in [0.4, 0.5) is 4.79 Å². The molecule has 0 bridgehead atoms. The Morgan fingerprint density at radius 2 is 2.05 bits per heavy atom. The Morgan fingerprint density at radius 1 is 1.37 bits per heavy atom. The van der Waals surface area contributed by atoms with Crippen LogP contribution in [0.1, 0.15) is 25.3 Å². The summed E-state index contributed by atoms with van der Waals surface area (Å²) in [4.78, 5) is 24.2. The molecule has 0 radical (unpaired) electrons. The topological polar surface area (TPSA) is 66.8 Å². The van der Waals surface area contributed by atoms with Crippen LogP contribution in [0.5, 0.6) is 0 Å². The summed E-state index contributed by atoms with van der Waals surface area (Å²) in [6.07, 6.45) is 0.200. The number of nitrogens with zero attached hydrogens (tertiary/aromatic N) is 1. The van der Waals surface area contributed by atoms with Gasteiger partial charge in [0.05, 0.1) is 12.0 Å². The Morgan fingerprint density at radius 3 is 2.58 bits per heavy atom. The zero-order chi connectivity index (χ0) is 13.9. The average molecular weight is 263 g/mol. The standard InChI is InChI=1S/C14H17NO4/c1-14(9-12(16)17)7-8-15(14)13(18)19-10-11-5-3-2-4-6-11/h2-6H,7-10H2,1H3,(H,16,17). The number of benzene rings is 1. The van der Waals surface area contributed by atoms with E-state index >= 15 is 0 Å². The highest BCUT2D eigenvalue weighted by molar-refractivity contribution is 5.74. The van der Waals surface area contributed by atoms with Crippen LogP contribution in [0.2, 0.25) is 0 Å². The van der Waals surface area contributed by atoms with Gasteiger partial charge in [-0.3, -0.25) is 4.79 Å². The lowest BCUT2D eigenvalue weighted by Crippen LogP contribution is -2.61. The Bertz CT molecular complexity index is 474. The van der Waals surface area contributed by atoms with Gasteiger partial charge >= 0.3 is 12.1 Å². The van der Waals surface area contributed by atoms with Crippen molar-refractivity contribution in [2.45, 2.75) is 31.9 Å². The van der Waals surface area contributed by atoms with Gasteiger partial charge < -0.3 is 14.7 Å². The average Bonchev–Trinajstić information content (AvgIpc) is 2.35. The summed E-state index contributed by atoms with van der Waals surface area (Å²) in [7, 11) is 0. The van der Waals surface area contributed by atoms with E-state index in [0.29, 0.717) is 13.0 Å². The van der Waals surface area contributed by atoms with Crippen molar-refractivity contribution in [3.8, 4) is 0 Å². The lowest BCUT2D eigenvalue weighted by molar-refractivity contribution is -0.142. The van der Waals surface area contributed by atoms with Gasteiger partial charge in [-0.2, -0.15) is 0 Å². The molecule has 1 unspecified atom stereocenters. The van der Waals surface area contributed by atoms with Crippen LogP contribution in [0.25, 0.3) is 0 Å². The Labute approximate surface area is 111 Å². The first-order valence-electron chi connectivity index (χ1n) is 6.21. The third-order valence-electron chi connectivity index (χ3n) is 3.48. The molecule has 19 heavy (non-hydrogen) atoms. The first-order chi connectivity index (χ1) is 9.01. The van der Waals surface area contributed by atoms with E-state index in [0.717, 1.165) is 5.56 Å². The zero-order valence-electron chi connectivity index (χ0n) is 10.8. The Kier molecular flexibility index (Phi) is 3.74. The number of carboxylic acid groups (broad SMARTS) is 1. The van der Waals surface area contributed by atoms with Crippen molar-refractivity contribution in [3.05, 3.63) is 35.9 Å². The molecule has 1 atom stereocenters. The minimum absolute atomic E-state index is 0.0482. The van der Waals surface area contributed by atoms with Gasteiger partial charge in [-0.15, -0.1) is 0 Å². The van der Waals surface area contributed by atoms with Crippen molar-refractivity contribution in [1.29, 1.82) is 0 Å². The second-order valence-corrected chi connectivity index (χ2v) is 5.01. The highest BCUT2D eigenvalue weighted by Crippen LogP contribution is 2.34. The van der Waals surface area contributed by atoms with Gasteiger partial charge in [0.25, 0.3) is 0 Å². The molecule has 102 valence electrons. The molecule has 5 nitrogen and oxygen atoms in total. The van der Waals surface area contributed by atoms with Gasteiger partial charge in [0.2, 0.25) is 0 Å². The Balaban J connectivity index is 1.89. The third kappa shape index (κ3) is 3.05. The van der Waals surface area contributed by atoms with Crippen LogP contribution in [-0.4, -0.2) is 34.2 Å². The van der Waals surface area contributed by atoms with E-state index in [1.807, 2.05) is 30.3 Å². The maximum atomic E-state index is 11.9. The van der Waals surface area contributed by atoms with Gasteiger partial charge in [-0.25, -0.2) is 4.79 Å². The number of rotatable bonds is 4. The van der Waals surface area contributed by atoms with Gasteiger partial charge in [-0.05, 0) is 18.9 Å². The van der Waals surface area contributed by atoms with Crippen molar-refractivity contribution in [3.63, 3.8) is 0 Å². The van der Waals surface area contributed by atoms with Crippen molar-refractivity contribution in [1.82, 2.24) is 4.90 Å². The summed E-state index contributed by atoms with van der Waals surface area (Å²) in [6.45, 7) is 2.53. The van der Waals surface area contributed by atoms with Gasteiger partial charge in [0.1, 0.15) is 6.61 Å². The first-order valence-corrected chi connectivity index (χ1v) is 6.21. The number of hydrogen-bond acceptors (Lipinski definition) is 3. The van der Waals surface area contributed by atoms with Crippen molar-refractivity contribution >= 4 is 12.1 Å². The molecule has 1 aromatic carbocycles. The maximum absolute atomic E-state index is 11.9. The van der Waals surface area contributed by atoms with E-state index in [1.54, 1.807) is 6.92 Å². The molecule has 1 aliphatic heterocycles. The van der Waals surface area contributed by atoms with Gasteiger partial charge in [0.15, 0.2) is 0 Å². The molecule has 5 heteroatoms. The van der Waals surface area contributed by atoms with Crippen LogP contribution in [0.15, 0.2) is 30.3 Å². The van der Waals surface area contributed by atoms with E-state index in [-0.39, 0.29) is 13.0 Å². The van der Waals surface area contributed by atoms with E-state index in [1.165, 1.54) is 4.90 Å². The molecule has 1 heterocycles. The Hall–Kier alpha value is -2.04. The number of carbonyl (C=O) groups excluding carboxylic acids is 1. The second-order valence-electron chi connectivity index (χ2n) is 5.01. The van der Waals surface area contributed by atoms with E-state index in [9.17, 15) is 9.59 Å². The molecule has 0 saturated carbocycles. The van der Waals surface area contributed by atoms with Crippen LogP contribution in [0, 0.1) is 0 Å². The summed E-state index contributed by atoms with van der Waals surface area (Å²) in [5.41, 5.74) is 0.302. The van der Waals surface area contributed by atoms with Crippen LogP contribution in [-0.2, 0) is 16.1 Å². The van der Waals surface area contributed by atoms with Crippen LogP contribution < -0.4 is 0 Å². The quantitative estimate of drug-likeness (QED) is 0.904. The SMILES string of the molecule is CC1(CC(=O)O)CCN1C(=O)OCc1ccccc1. The molecule has 1 aromatic rings.